The predicted octanol–water partition coefficient (Wildman–Crippen LogP) is 3.36. The number of ketones is 1. The van der Waals surface area contributed by atoms with E-state index in [9.17, 15) is 18.8 Å². The number of ether oxygens (including phenoxy) is 1. The van der Waals surface area contributed by atoms with Crippen LogP contribution in [0.1, 0.15) is 59.8 Å². The topological polar surface area (TPSA) is 106 Å². The van der Waals surface area contributed by atoms with E-state index in [0.29, 0.717) is 34.7 Å². The Labute approximate surface area is 195 Å². The molecule has 8 nitrogen and oxygen atoms in total. The highest BCUT2D eigenvalue weighted by Gasteiger charge is 2.38. The highest BCUT2D eigenvalue weighted by Crippen LogP contribution is 2.33. The SMILES string of the molecule is COc1ccc2c(n1)CCN(C(=O)c1cc(=O)[nH]o1)[C@H]2C(=O)Cc1ccc(C(C)(C)C)c(F)c1. The fourth-order valence-corrected chi connectivity index (χ4v) is 4.25. The molecule has 0 saturated carbocycles. The summed E-state index contributed by atoms with van der Waals surface area (Å²) in [5.74, 6) is -1.06. The number of aromatic amines is 1. The molecular formula is C25H26FN3O5. The standard InChI is InChI=1S/C25H26FN3O5/c1-25(2,3)16-7-5-14(11-17(16)26)12-19(30)23-15-6-8-22(33-4)27-18(15)9-10-29(23)24(32)20-13-21(31)28-34-20/h5-8,11,13,23H,9-10,12H2,1-4H3,(H,28,31)/t23-/m1/s1. The van der Waals surface area contributed by atoms with E-state index in [-0.39, 0.29) is 35.7 Å². The van der Waals surface area contributed by atoms with Gasteiger partial charge in [0.15, 0.2) is 5.78 Å². The molecule has 34 heavy (non-hydrogen) atoms. The number of methoxy groups -OCH3 is 1. The molecule has 1 N–H and O–H groups in total. The van der Waals surface area contributed by atoms with Crippen molar-refractivity contribution in [2.75, 3.05) is 13.7 Å². The van der Waals surface area contributed by atoms with Gasteiger partial charge in [0.05, 0.1) is 18.9 Å². The summed E-state index contributed by atoms with van der Waals surface area (Å²) in [6.45, 7) is 5.94. The van der Waals surface area contributed by atoms with Gasteiger partial charge in [-0.25, -0.2) is 9.37 Å². The van der Waals surface area contributed by atoms with E-state index in [1.54, 1.807) is 24.3 Å². The van der Waals surface area contributed by atoms with Gasteiger partial charge in [0.1, 0.15) is 11.9 Å². The lowest BCUT2D eigenvalue weighted by molar-refractivity contribution is -0.123. The number of halogens is 1. The number of nitrogens with zero attached hydrogens (tertiary/aromatic N) is 2. The van der Waals surface area contributed by atoms with E-state index in [2.05, 4.69) is 10.1 Å². The molecule has 178 valence electrons. The molecule has 0 radical (unpaired) electrons. The minimum Gasteiger partial charge on any atom is -0.481 e. The summed E-state index contributed by atoms with van der Waals surface area (Å²) in [5.41, 5.74) is 1.35. The molecule has 3 heterocycles. The molecule has 0 saturated heterocycles. The van der Waals surface area contributed by atoms with E-state index in [1.807, 2.05) is 20.8 Å². The maximum absolute atomic E-state index is 14.7. The Balaban J connectivity index is 1.70. The van der Waals surface area contributed by atoms with Crippen LogP contribution in [0.25, 0.3) is 0 Å². The van der Waals surface area contributed by atoms with Crippen LogP contribution < -0.4 is 10.3 Å². The van der Waals surface area contributed by atoms with E-state index in [0.717, 1.165) is 6.07 Å². The van der Waals surface area contributed by atoms with Gasteiger partial charge in [0.25, 0.3) is 11.5 Å². The van der Waals surface area contributed by atoms with Gasteiger partial charge in [-0.1, -0.05) is 32.9 Å². The number of benzene rings is 1. The van der Waals surface area contributed by atoms with Crippen molar-refractivity contribution >= 4 is 11.7 Å². The average Bonchev–Trinajstić information content (AvgIpc) is 3.22. The fourth-order valence-electron chi connectivity index (χ4n) is 4.25. The van der Waals surface area contributed by atoms with Crippen LogP contribution in [0.2, 0.25) is 0 Å². The minimum absolute atomic E-state index is 0.0850. The van der Waals surface area contributed by atoms with Crippen LogP contribution in [0.3, 0.4) is 0 Å². The summed E-state index contributed by atoms with van der Waals surface area (Å²) < 4.78 is 24.9. The van der Waals surface area contributed by atoms with E-state index >= 15 is 0 Å². The van der Waals surface area contributed by atoms with Gasteiger partial charge in [0, 0.05) is 31.0 Å². The smallest absolute Gasteiger partial charge is 0.293 e. The van der Waals surface area contributed by atoms with Gasteiger partial charge in [-0.05, 0) is 28.7 Å². The monoisotopic (exact) mass is 467 g/mol. The Morgan fingerprint density at radius 3 is 2.62 bits per heavy atom. The Bertz CT molecular complexity index is 1300. The van der Waals surface area contributed by atoms with Crippen LogP contribution in [0, 0.1) is 5.82 Å². The maximum atomic E-state index is 14.7. The maximum Gasteiger partial charge on any atom is 0.293 e. The normalized spacial score (nSPS) is 15.7. The number of fused-ring (bicyclic) bond motifs is 1. The van der Waals surface area contributed by atoms with E-state index < -0.39 is 17.5 Å². The molecule has 0 aliphatic carbocycles. The number of carbonyl (C=O) groups is 2. The molecule has 9 heteroatoms. The van der Waals surface area contributed by atoms with Crippen LogP contribution in [-0.2, 0) is 23.1 Å². The molecule has 2 aromatic heterocycles. The lowest BCUT2D eigenvalue weighted by Gasteiger charge is -2.35. The second kappa shape index (κ2) is 8.89. The summed E-state index contributed by atoms with van der Waals surface area (Å²) in [6.07, 6.45) is 0.309. The molecule has 3 aromatic rings. The molecule has 1 aromatic carbocycles. The van der Waals surface area contributed by atoms with Crippen LogP contribution in [0.4, 0.5) is 4.39 Å². The van der Waals surface area contributed by atoms with Crippen molar-refractivity contribution in [3.63, 3.8) is 0 Å². The van der Waals surface area contributed by atoms with Crippen molar-refractivity contribution in [2.24, 2.45) is 0 Å². The first-order valence-corrected chi connectivity index (χ1v) is 10.9. The van der Waals surface area contributed by atoms with Crippen LogP contribution in [0.5, 0.6) is 5.88 Å². The average molecular weight is 467 g/mol. The summed E-state index contributed by atoms with van der Waals surface area (Å²) in [4.78, 5) is 44.0. The van der Waals surface area contributed by atoms with Gasteiger partial charge in [-0.15, -0.1) is 0 Å². The molecule has 0 spiro atoms. The quantitative estimate of drug-likeness (QED) is 0.617. The second-order valence-corrected chi connectivity index (χ2v) is 9.32. The van der Waals surface area contributed by atoms with Crippen molar-refractivity contribution in [2.45, 2.75) is 45.1 Å². The van der Waals surface area contributed by atoms with Gasteiger partial charge in [0.2, 0.25) is 11.6 Å². The fraction of sp³-hybridized carbons (Fsp3) is 0.360. The Morgan fingerprint density at radius 2 is 2.00 bits per heavy atom. The number of hydrogen-bond acceptors (Lipinski definition) is 6. The predicted molar refractivity (Wildman–Crippen MR) is 121 cm³/mol. The number of H-pyrrole nitrogens is 1. The third-order valence-corrected chi connectivity index (χ3v) is 5.91. The van der Waals surface area contributed by atoms with Crippen LogP contribution in [-0.4, -0.2) is 40.4 Å². The van der Waals surface area contributed by atoms with Gasteiger partial charge in [-0.3, -0.25) is 14.4 Å². The largest absolute Gasteiger partial charge is 0.481 e. The molecular weight excluding hydrogens is 441 g/mol. The number of pyridine rings is 1. The number of aromatic nitrogens is 2. The van der Waals surface area contributed by atoms with Crippen molar-refractivity contribution in [3.8, 4) is 5.88 Å². The molecule has 0 fully saturated rings. The molecule has 1 amide bonds. The molecule has 0 bridgehead atoms. The number of nitrogens with one attached hydrogen (secondary N) is 1. The zero-order valence-corrected chi connectivity index (χ0v) is 19.5. The van der Waals surface area contributed by atoms with Crippen molar-refractivity contribution in [3.05, 3.63) is 80.7 Å². The zero-order chi connectivity index (χ0) is 24.6. The lowest BCUT2D eigenvalue weighted by atomic mass is 9.85. The third kappa shape index (κ3) is 4.50. The van der Waals surface area contributed by atoms with Gasteiger partial charge in [-0.2, -0.15) is 5.16 Å². The third-order valence-electron chi connectivity index (χ3n) is 5.91. The summed E-state index contributed by atoms with van der Waals surface area (Å²) in [7, 11) is 1.50. The number of Topliss-reactive ketones (excluding diaryl/α,β-unsaturated/α-hetero) is 1. The van der Waals surface area contributed by atoms with Gasteiger partial charge >= 0.3 is 0 Å². The number of carbonyl (C=O) groups excluding carboxylic acids is 2. The number of hydrogen-bond donors (Lipinski definition) is 1. The first kappa shape index (κ1) is 23.4. The van der Waals surface area contributed by atoms with Crippen molar-refractivity contribution < 1.29 is 23.2 Å². The van der Waals surface area contributed by atoms with Crippen molar-refractivity contribution in [1.82, 2.24) is 15.0 Å². The summed E-state index contributed by atoms with van der Waals surface area (Å²) >= 11 is 0. The van der Waals surface area contributed by atoms with E-state index in [4.69, 9.17) is 9.26 Å². The first-order chi connectivity index (χ1) is 16.1. The molecule has 0 unspecified atom stereocenters. The molecule has 4 rings (SSSR count). The molecule has 1 aliphatic rings. The number of amides is 1. The lowest BCUT2D eigenvalue weighted by Crippen LogP contribution is -2.44. The highest BCUT2D eigenvalue weighted by atomic mass is 19.1. The van der Waals surface area contributed by atoms with Gasteiger partial charge < -0.3 is 14.2 Å². The number of rotatable bonds is 5. The zero-order valence-electron chi connectivity index (χ0n) is 19.5. The first-order valence-electron chi connectivity index (χ1n) is 10.9. The highest BCUT2D eigenvalue weighted by molar-refractivity contribution is 5.97. The second-order valence-electron chi connectivity index (χ2n) is 9.32. The van der Waals surface area contributed by atoms with Crippen LogP contribution in [0.15, 0.2) is 45.7 Å². The summed E-state index contributed by atoms with van der Waals surface area (Å²) in [5, 5.41) is 2.10. The summed E-state index contributed by atoms with van der Waals surface area (Å²) in [6, 6.07) is 8.20. The Hall–Kier alpha value is -3.75. The molecule has 1 atom stereocenters. The van der Waals surface area contributed by atoms with Crippen LogP contribution >= 0.6 is 0 Å². The minimum atomic E-state index is -0.972. The van der Waals surface area contributed by atoms with Crippen molar-refractivity contribution in [1.29, 1.82) is 0 Å². The van der Waals surface area contributed by atoms with E-state index in [1.165, 1.54) is 18.1 Å². The Morgan fingerprint density at radius 1 is 1.24 bits per heavy atom. The Kier molecular flexibility index (Phi) is 6.12. The molecule has 1 aliphatic heterocycles.